The Balaban J connectivity index is 2.15. The Labute approximate surface area is 100 Å². The van der Waals surface area contributed by atoms with Gasteiger partial charge < -0.3 is 14.4 Å². The van der Waals surface area contributed by atoms with E-state index in [0.29, 0.717) is 11.6 Å². The lowest BCUT2D eigenvalue weighted by molar-refractivity contribution is -0.140. The second-order valence-electron chi connectivity index (χ2n) is 4.75. The number of aromatic nitrogens is 1. The molecule has 1 aromatic heterocycles. The van der Waals surface area contributed by atoms with Gasteiger partial charge in [-0.05, 0) is 38.9 Å². The van der Waals surface area contributed by atoms with Crippen LogP contribution < -0.4 is 0 Å². The SMILES string of the molecule is Cc1nc(C(C(=O)O)C2CCN(C)CC2)co1. The molecule has 1 fully saturated rings. The fraction of sp³-hybridized carbons (Fsp3) is 0.667. The first-order valence-electron chi connectivity index (χ1n) is 5.91. The third kappa shape index (κ3) is 2.66. The minimum Gasteiger partial charge on any atom is -0.481 e. The van der Waals surface area contributed by atoms with Crippen molar-refractivity contribution in [2.75, 3.05) is 20.1 Å². The minimum absolute atomic E-state index is 0.160. The maximum absolute atomic E-state index is 11.4. The predicted octanol–water partition coefficient (Wildman–Crippen LogP) is 1.49. The van der Waals surface area contributed by atoms with Crippen LogP contribution in [0.5, 0.6) is 0 Å². The van der Waals surface area contributed by atoms with Crippen LogP contribution in [0.15, 0.2) is 10.7 Å². The summed E-state index contributed by atoms with van der Waals surface area (Å²) in [6.45, 7) is 3.63. The zero-order valence-electron chi connectivity index (χ0n) is 10.2. The van der Waals surface area contributed by atoms with Gasteiger partial charge in [-0.2, -0.15) is 0 Å². The number of oxazole rings is 1. The summed E-state index contributed by atoms with van der Waals surface area (Å²) >= 11 is 0. The first kappa shape index (κ1) is 12.1. The highest BCUT2D eigenvalue weighted by molar-refractivity contribution is 5.75. The molecule has 0 spiro atoms. The van der Waals surface area contributed by atoms with E-state index >= 15 is 0 Å². The highest BCUT2D eigenvalue weighted by Gasteiger charge is 2.33. The second-order valence-corrected chi connectivity index (χ2v) is 4.75. The molecular formula is C12H18N2O3. The molecule has 1 unspecified atom stereocenters. The standard InChI is InChI=1S/C12H18N2O3/c1-8-13-10(7-17-8)11(12(15)16)9-3-5-14(2)6-4-9/h7,9,11H,3-6H2,1-2H3,(H,15,16). The first-order valence-corrected chi connectivity index (χ1v) is 5.91. The highest BCUT2D eigenvalue weighted by Crippen LogP contribution is 2.32. The summed E-state index contributed by atoms with van der Waals surface area (Å²) in [5, 5.41) is 9.36. The third-order valence-corrected chi connectivity index (χ3v) is 3.46. The molecule has 0 aromatic carbocycles. The normalized spacial score (nSPS) is 20.4. The fourth-order valence-electron chi connectivity index (χ4n) is 2.45. The lowest BCUT2D eigenvalue weighted by atomic mass is 9.82. The summed E-state index contributed by atoms with van der Waals surface area (Å²) in [6, 6.07) is 0. The smallest absolute Gasteiger partial charge is 0.313 e. The van der Waals surface area contributed by atoms with E-state index in [-0.39, 0.29) is 5.92 Å². The maximum Gasteiger partial charge on any atom is 0.313 e. The highest BCUT2D eigenvalue weighted by atomic mass is 16.4. The van der Waals surface area contributed by atoms with E-state index in [1.807, 2.05) is 0 Å². The van der Waals surface area contributed by atoms with Gasteiger partial charge in [0.05, 0.1) is 5.69 Å². The summed E-state index contributed by atoms with van der Waals surface area (Å²) in [4.78, 5) is 17.8. The fourth-order valence-corrected chi connectivity index (χ4v) is 2.45. The van der Waals surface area contributed by atoms with Crippen molar-refractivity contribution in [3.8, 4) is 0 Å². The van der Waals surface area contributed by atoms with Gasteiger partial charge >= 0.3 is 5.97 Å². The summed E-state index contributed by atoms with van der Waals surface area (Å²) in [7, 11) is 2.06. The minimum atomic E-state index is -0.798. The van der Waals surface area contributed by atoms with Crippen molar-refractivity contribution in [2.24, 2.45) is 5.92 Å². The Morgan fingerprint density at radius 2 is 2.24 bits per heavy atom. The summed E-state index contributed by atoms with van der Waals surface area (Å²) < 4.78 is 5.12. The number of hydrogen-bond donors (Lipinski definition) is 1. The van der Waals surface area contributed by atoms with Gasteiger partial charge in [0.15, 0.2) is 5.89 Å². The van der Waals surface area contributed by atoms with Crippen molar-refractivity contribution in [3.63, 3.8) is 0 Å². The largest absolute Gasteiger partial charge is 0.481 e. The van der Waals surface area contributed by atoms with Crippen molar-refractivity contribution >= 4 is 5.97 Å². The number of aryl methyl sites for hydroxylation is 1. The molecule has 1 aliphatic rings. The summed E-state index contributed by atoms with van der Waals surface area (Å²) in [5.74, 6) is -0.638. The topological polar surface area (TPSA) is 66.6 Å². The molecule has 0 aliphatic carbocycles. The van der Waals surface area contributed by atoms with Crippen molar-refractivity contribution in [3.05, 3.63) is 17.8 Å². The van der Waals surface area contributed by atoms with Gasteiger partial charge in [0.1, 0.15) is 12.2 Å². The van der Waals surface area contributed by atoms with Crippen LogP contribution in [0.25, 0.3) is 0 Å². The number of rotatable bonds is 3. The zero-order valence-corrected chi connectivity index (χ0v) is 10.2. The molecule has 1 saturated heterocycles. The van der Waals surface area contributed by atoms with E-state index in [1.165, 1.54) is 6.26 Å². The van der Waals surface area contributed by atoms with Crippen LogP contribution in [0.3, 0.4) is 0 Å². The van der Waals surface area contributed by atoms with Crippen molar-refractivity contribution in [2.45, 2.75) is 25.7 Å². The summed E-state index contributed by atoms with van der Waals surface area (Å²) in [6.07, 6.45) is 3.28. The molecule has 0 amide bonds. The zero-order chi connectivity index (χ0) is 12.4. The Morgan fingerprint density at radius 3 is 2.71 bits per heavy atom. The Morgan fingerprint density at radius 1 is 1.59 bits per heavy atom. The molecule has 1 aliphatic heterocycles. The molecular weight excluding hydrogens is 220 g/mol. The second kappa shape index (κ2) is 4.87. The number of hydrogen-bond acceptors (Lipinski definition) is 4. The molecule has 0 bridgehead atoms. The first-order chi connectivity index (χ1) is 8.08. The van der Waals surface area contributed by atoms with Crippen molar-refractivity contribution in [1.82, 2.24) is 9.88 Å². The molecule has 1 atom stereocenters. The number of nitrogens with zero attached hydrogens (tertiary/aromatic N) is 2. The average molecular weight is 238 g/mol. The molecule has 0 saturated carbocycles. The van der Waals surface area contributed by atoms with Gasteiger partial charge in [-0.25, -0.2) is 4.98 Å². The lowest BCUT2D eigenvalue weighted by Gasteiger charge is -2.31. The van der Waals surface area contributed by atoms with Crippen LogP contribution in [-0.4, -0.2) is 41.1 Å². The van der Waals surface area contributed by atoms with Crippen LogP contribution in [0, 0.1) is 12.8 Å². The number of piperidine rings is 1. The molecule has 1 N–H and O–H groups in total. The monoisotopic (exact) mass is 238 g/mol. The van der Waals surface area contributed by atoms with Gasteiger partial charge in [-0.1, -0.05) is 0 Å². The van der Waals surface area contributed by atoms with Gasteiger partial charge in [0.2, 0.25) is 0 Å². The van der Waals surface area contributed by atoms with Crippen LogP contribution >= 0.6 is 0 Å². The van der Waals surface area contributed by atoms with Gasteiger partial charge in [-0.15, -0.1) is 0 Å². The quantitative estimate of drug-likeness (QED) is 0.864. The van der Waals surface area contributed by atoms with Crippen molar-refractivity contribution < 1.29 is 14.3 Å². The molecule has 0 radical (unpaired) electrons. The van der Waals surface area contributed by atoms with Crippen LogP contribution in [0.4, 0.5) is 0 Å². The Kier molecular flexibility index (Phi) is 3.47. The van der Waals surface area contributed by atoms with Crippen LogP contribution in [0.2, 0.25) is 0 Å². The Hall–Kier alpha value is -1.36. The molecule has 94 valence electrons. The number of carboxylic acid groups (broad SMARTS) is 1. The molecule has 5 nitrogen and oxygen atoms in total. The summed E-state index contributed by atoms with van der Waals surface area (Å²) in [5.41, 5.74) is 0.560. The molecule has 1 aromatic rings. The van der Waals surface area contributed by atoms with E-state index < -0.39 is 11.9 Å². The number of aliphatic carboxylic acids is 1. The third-order valence-electron chi connectivity index (χ3n) is 3.46. The van der Waals surface area contributed by atoms with Gasteiger partial charge in [0.25, 0.3) is 0 Å². The average Bonchev–Trinajstić information content (AvgIpc) is 2.68. The van der Waals surface area contributed by atoms with Crippen LogP contribution in [-0.2, 0) is 4.79 Å². The molecule has 2 heterocycles. The van der Waals surface area contributed by atoms with Gasteiger partial charge in [-0.3, -0.25) is 4.79 Å². The van der Waals surface area contributed by atoms with E-state index in [9.17, 15) is 9.90 Å². The van der Waals surface area contributed by atoms with Gasteiger partial charge in [0, 0.05) is 6.92 Å². The molecule has 2 rings (SSSR count). The number of likely N-dealkylation sites (tertiary alicyclic amines) is 1. The van der Waals surface area contributed by atoms with E-state index in [0.717, 1.165) is 25.9 Å². The van der Waals surface area contributed by atoms with E-state index in [1.54, 1.807) is 6.92 Å². The predicted molar refractivity (Wildman–Crippen MR) is 61.8 cm³/mol. The van der Waals surface area contributed by atoms with Crippen LogP contribution in [0.1, 0.15) is 30.3 Å². The maximum atomic E-state index is 11.4. The molecule has 5 heteroatoms. The Bertz CT molecular complexity index is 394. The van der Waals surface area contributed by atoms with E-state index in [4.69, 9.17) is 4.42 Å². The van der Waals surface area contributed by atoms with Crippen molar-refractivity contribution in [1.29, 1.82) is 0 Å². The lowest BCUT2D eigenvalue weighted by Crippen LogP contribution is -2.35. The molecule has 17 heavy (non-hydrogen) atoms. The number of carboxylic acids is 1. The van der Waals surface area contributed by atoms with E-state index in [2.05, 4.69) is 16.9 Å². The number of carbonyl (C=O) groups is 1.